The molecule has 3 nitrogen and oxygen atoms in total. The molecule has 0 aliphatic heterocycles. The molecule has 6 heteroatoms. The number of para-hydroxylation sites is 1. The lowest BCUT2D eigenvalue weighted by Crippen LogP contribution is -2.24. The number of nitrogens with one attached hydrogen (secondary N) is 2. The van der Waals surface area contributed by atoms with Gasteiger partial charge in [-0.25, -0.2) is 8.78 Å². The van der Waals surface area contributed by atoms with Crippen LogP contribution in [0, 0.1) is 25.5 Å². The van der Waals surface area contributed by atoms with Crippen molar-refractivity contribution in [3.8, 4) is 0 Å². The molecule has 0 atom stereocenters. The average molecular weight is 319 g/mol. The van der Waals surface area contributed by atoms with Gasteiger partial charge in [-0.1, -0.05) is 24.3 Å². The van der Waals surface area contributed by atoms with Gasteiger partial charge in [0.25, 0.3) is 0 Å². The Morgan fingerprint density at radius 2 is 1.59 bits per heavy atom. The number of anilines is 1. The van der Waals surface area contributed by atoms with E-state index in [4.69, 9.17) is 12.2 Å². The lowest BCUT2D eigenvalue weighted by molar-refractivity contribution is 0.580. The molecule has 0 saturated carbocycles. The van der Waals surface area contributed by atoms with Gasteiger partial charge in [-0.2, -0.15) is 5.10 Å². The third-order valence-electron chi connectivity index (χ3n) is 3.08. The molecule has 22 heavy (non-hydrogen) atoms. The lowest BCUT2D eigenvalue weighted by atomic mass is 10.1. The van der Waals surface area contributed by atoms with Crippen LogP contribution < -0.4 is 10.7 Å². The first-order chi connectivity index (χ1) is 10.5. The molecule has 2 aromatic carbocycles. The Kier molecular flexibility index (Phi) is 5.16. The van der Waals surface area contributed by atoms with E-state index in [1.807, 2.05) is 32.0 Å². The number of halogens is 2. The fourth-order valence-electron chi connectivity index (χ4n) is 1.94. The van der Waals surface area contributed by atoms with Crippen LogP contribution in [0.5, 0.6) is 0 Å². The van der Waals surface area contributed by atoms with Crippen LogP contribution in [-0.2, 0) is 0 Å². The first-order valence-electron chi connectivity index (χ1n) is 6.59. The summed E-state index contributed by atoms with van der Waals surface area (Å²) in [6.07, 6.45) is 1.06. The molecule has 0 aliphatic carbocycles. The molecule has 0 fully saturated rings. The summed E-state index contributed by atoms with van der Waals surface area (Å²) in [5.41, 5.74) is 5.28. The first-order valence-corrected chi connectivity index (χ1v) is 7.00. The lowest BCUT2D eigenvalue weighted by Gasteiger charge is -2.12. The van der Waals surface area contributed by atoms with E-state index in [2.05, 4.69) is 15.8 Å². The van der Waals surface area contributed by atoms with Crippen molar-refractivity contribution in [3.63, 3.8) is 0 Å². The predicted molar refractivity (Wildman–Crippen MR) is 89.2 cm³/mol. The normalized spacial score (nSPS) is 10.7. The second-order valence-corrected chi connectivity index (χ2v) is 5.13. The van der Waals surface area contributed by atoms with Crippen molar-refractivity contribution in [1.82, 2.24) is 5.43 Å². The van der Waals surface area contributed by atoms with E-state index in [0.717, 1.165) is 35.2 Å². The maximum Gasteiger partial charge on any atom is 0.191 e. The minimum atomic E-state index is -0.681. The average Bonchev–Trinajstić information content (AvgIpc) is 2.46. The molecule has 0 radical (unpaired) electrons. The summed E-state index contributed by atoms with van der Waals surface area (Å²) >= 11 is 5.11. The van der Waals surface area contributed by atoms with Gasteiger partial charge in [-0.05, 0) is 49.3 Å². The number of benzene rings is 2. The Bertz CT molecular complexity index is 689. The Hall–Kier alpha value is -2.34. The molecule has 0 aliphatic rings. The van der Waals surface area contributed by atoms with Gasteiger partial charge in [0.1, 0.15) is 11.6 Å². The molecular formula is C16H15F2N3S. The zero-order valence-electron chi connectivity index (χ0n) is 12.2. The van der Waals surface area contributed by atoms with Crippen molar-refractivity contribution in [3.05, 3.63) is 64.7 Å². The van der Waals surface area contributed by atoms with Crippen LogP contribution >= 0.6 is 12.2 Å². The van der Waals surface area contributed by atoms with Crippen molar-refractivity contribution in [1.29, 1.82) is 0 Å². The van der Waals surface area contributed by atoms with E-state index in [-0.39, 0.29) is 10.7 Å². The Morgan fingerprint density at radius 1 is 1.05 bits per heavy atom. The Balaban J connectivity index is 2.03. The summed E-state index contributed by atoms with van der Waals surface area (Å²) in [6, 6.07) is 9.48. The molecule has 0 amide bonds. The van der Waals surface area contributed by atoms with Crippen molar-refractivity contribution in [2.45, 2.75) is 13.8 Å². The van der Waals surface area contributed by atoms with Gasteiger partial charge >= 0.3 is 0 Å². The summed E-state index contributed by atoms with van der Waals surface area (Å²) in [6.45, 7) is 3.91. The topological polar surface area (TPSA) is 36.4 Å². The van der Waals surface area contributed by atoms with Crippen LogP contribution in [-0.4, -0.2) is 11.3 Å². The van der Waals surface area contributed by atoms with Gasteiger partial charge in [-0.15, -0.1) is 0 Å². The molecular weight excluding hydrogens is 304 g/mol. The van der Waals surface area contributed by atoms with Gasteiger partial charge in [0.2, 0.25) is 0 Å². The highest BCUT2D eigenvalue weighted by Crippen LogP contribution is 2.19. The number of thiocarbonyl (C=S) groups is 1. The van der Waals surface area contributed by atoms with E-state index in [0.29, 0.717) is 0 Å². The molecule has 0 unspecified atom stereocenters. The van der Waals surface area contributed by atoms with Crippen molar-refractivity contribution < 1.29 is 8.78 Å². The van der Waals surface area contributed by atoms with Gasteiger partial charge in [0.05, 0.1) is 11.8 Å². The highest BCUT2D eigenvalue weighted by atomic mass is 32.1. The maximum atomic E-state index is 13.4. The molecule has 2 aromatic rings. The molecule has 2 N–H and O–H groups in total. The third kappa shape index (κ3) is 3.85. The minimum absolute atomic E-state index is 0.218. The molecule has 0 bridgehead atoms. The van der Waals surface area contributed by atoms with Crippen LogP contribution in [0.1, 0.15) is 16.7 Å². The Labute approximate surface area is 133 Å². The fraction of sp³-hybridized carbons (Fsp3) is 0.125. The SMILES string of the molecule is Cc1cccc(C)c1NC(=S)N/N=C/c1c(F)cccc1F. The molecule has 0 aromatic heterocycles. The number of hydrazone groups is 1. The van der Waals surface area contributed by atoms with E-state index in [9.17, 15) is 8.78 Å². The summed E-state index contributed by atoms with van der Waals surface area (Å²) < 4.78 is 26.8. The molecule has 0 saturated heterocycles. The zero-order valence-corrected chi connectivity index (χ0v) is 13.0. The second kappa shape index (κ2) is 7.09. The Morgan fingerprint density at radius 3 is 2.18 bits per heavy atom. The maximum absolute atomic E-state index is 13.4. The third-order valence-corrected chi connectivity index (χ3v) is 3.27. The van der Waals surface area contributed by atoms with Crippen LogP contribution in [0.2, 0.25) is 0 Å². The monoisotopic (exact) mass is 319 g/mol. The second-order valence-electron chi connectivity index (χ2n) is 4.73. The van der Waals surface area contributed by atoms with Crippen LogP contribution in [0.25, 0.3) is 0 Å². The number of nitrogens with zero attached hydrogens (tertiary/aromatic N) is 1. The van der Waals surface area contributed by atoms with Crippen molar-refractivity contribution >= 4 is 29.2 Å². The van der Waals surface area contributed by atoms with Crippen LogP contribution in [0.3, 0.4) is 0 Å². The van der Waals surface area contributed by atoms with Crippen LogP contribution in [0.15, 0.2) is 41.5 Å². The molecule has 2 rings (SSSR count). The number of aryl methyl sites for hydroxylation is 2. The number of rotatable bonds is 3. The quantitative estimate of drug-likeness (QED) is 0.512. The number of hydrogen-bond acceptors (Lipinski definition) is 2. The van der Waals surface area contributed by atoms with Gasteiger partial charge < -0.3 is 5.32 Å². The highest BCUT2D eigenvalue weighted by molar-refractivity contribution is 7.80. The zero-order chi connectivity index (χ0) is 16.1. The summed E-state index contributed by atoms with van der Waals surface area (Å²) in [5.74, 6) is -1.36. The van der Waals surface area contributed by atoms with Crippen molar-refractivity contribution in [2.24, 2.45) is 5.10 Å². The number of hydrogen-bond donors (Lipinski definition) is 2. The predicted octanol–water partition coefficient (Wildman–Crippen LogP) is 3.90. The molecule has 114 valence electrons. The highest BCUT2D eigenvalue weighted by Gasteiger charge is 2.06. The smallest absolute Gasteiger partial charge is 0.191 e. The summed E-state index contributed by atoms with van der Waals surface area (Å²) in [7, 11) is 0. The van der Waals surface area contributed by atoms with E-state index in [1.54, 1.807) is 0 Å². The molecule has 0 heterocycles. The summed E-state index contributed by atoms with van der Waals surface area (Å²) in [4.78, 5) is 0. The largest absolute Gasteiger partial charge is 0.331 e. The van der Waals surface area contributed by atoms with Gasteiger partial charge in [0, 0.05) is 5.69 Å². The van der Waals surface area contributed by atoms with E-state index in [1.165, 1.54) is 6.07 Å². The van der Waals surface area contributed by atoms with Gasteiger partial charge in [0.15, 0.2) is 5.11 Å². The standard InChI is InChI=1S/C16H15F2N3S/c1-10-5-3-6-11(2)15(10)20-16(22)21-19-9-12-13(17)7-4-8-14(12)18/h3-9H,1-2H3,(H2,20,21,22)/b19-9+. The van der Waals surface area contributed by atoms with Crippen LogP contribution in [0.4, 0.5) is 14.5 Å². The summed E-state index contributed by atoms with van der Waals surface area (Å²) in [5, 5.41) is 7.01. The van der Waals surface area contributed by atoms with Gasteiger partial charge in [-0.3, -0.25) is 5.43 Å². The minimum Gasteiger partial charge on any atom is -0.331 e. The van der Waals surface area contributed by atoms with E-state index >= 15 is 0 Å². The van der Waals surface area contributed by atoms with E-state index < -0.39 is 11.6 Å². The first kappa shape index (κ1) is 16.0. The fourth-order valence-corrected chi connectivity index (χ4v) is 2.10. The molecule has 0 spiro atoms. The van der Waals surface area contributed by atoms with Crippen molar-refractivity contribution in [2.75, 3.05) is 5.32 Å².